The highest BCUT2D eigenvalue weighted by molar-refractivity contribution is 6.30. The van der Waals surface area contributed by atoms with E-state index in [0.29, 0.717) is 25.3 Å². The fourth-order valence-corrected chi connectivity index (χ4v) is 3.93. The number of benzene rings is 1. The molecule has 28 heavy (non-hydrogen) atoms. The zero-order valence-corrected chi connectivity index (χ0v) is 17.1. The van der Waals surface area contributed by atoms with E-state index in [2.05, 4.69) is 5.32 Å². The van der Waals surface area contributed by atoms with Gasteiger partial charge in [-0.2, -0.15) is 0 Å². The van der Waals surface area contributed by atoms with Crippen molar-refractivity contribution in [3.63, 3.8) is 0 Å². The Kier molecular flexibility index (Phi) is 5.75. The number of nitrogens with one attached hydrogen (secondary N) is 1. The fraction of sp³-hybridized carbons (Fsp3) is 0.600. The van der Waals surface area contributed by atoms with Gasteiger partial charge in [-0.15, -0.1) is 0 Å². The number of carbonyl (C=O) groups is 2. The Morgan fingerprint density at radius 2 is 2.00 bits per heavy atom. The Morgan fingerprint density at radius 1 is 1.32 bits per heavy atom. The SMILES string of the molecule is CC(C)(C)OC(=O)N1CC2CCC1(NC(=O)COc1ccc(Cl)c(F)c1)CC2. The Bertz CT molecular complexity index is 757. The van der Waals surface area contributed by atoms with Crippen molar-refractivity contribution in [1.29, 1.82) is 0 Å². The average molecular weight is 413 g/mol. The zero-order chi connectivity index (χ0) is 20.5. The molecule has 2 heterocycles. The first-order valence-electron chi connectivity index (χ1n) is 9.47. The van der Waals surface area contributed by atoms with Gasteiger partial charge in [0.05, 0.1) is 5.02 Å². The van der Waals surface area contributed by atoms with Crippen LogP contribution >= 0.6 is 11.6 Å². The number of piperidine rings is 2. The van der Waals surface area contributed by atoms with E-state index in [1.54, 1.807) is 4.90 Å². The molecule has 1 N–H and O–H groups in total. The summed E-state index contributed by atoms with van der Waals surface area (Å²) in [5.74, 6) is -0.338. The van der Waals surface area contributed by atoms with Crippen LogP contribution in [0.2, 0.25) is 5.02 Å². The van der Waals surface area contributed by atoms with Gasteiger partial charge in [0.25, 0.3) is 5.91 Å². The molecule has 2 bridgehead atoms. The molecule has 2 saturated heterocycles. The predicted octanol–water partition coefficient (Wildman–Crippen LogP) is 4.11. The minimum Gasteiger partial charge on any atom is -0.484 e. The van der Waals surface area contributed by atoms with Crippen molar-refractivity contribution in [2.24, 2.45) is 5.92 Å². The Morgan fingerprint density at radius 3 is 2.61 bits per heavy atom. The quantitative estimate of drug-likeness (QED) is 0.808. The molecule has 1 saturated carbocycles. The number of nitrogens with zero attached hydrogens (tertiary/aromatic N) is 1. The van der Waals surface area contributed by atoms with E-state index >= 15 is 0 Å². The predicted molar refractivity (Wildman–Crippen MR) is 103 cm³/mol. The average Bonchev–Trinajstić information content (AvgIpc) is 2.62. The third kappa shape index (κ3) is 4.69. The summed E-state index contributed by atoms with van der Waals surface area (Å²) in [6.45, 7) is 5.74. The van der Waals surface area contributed by atoms with Gasteiger partial charge in [0.2, 0.25) is 0 Å². The van der Waals surface area contributed by atoms with Crippen molar-refractivity contribution in [3.05, 3.63) is 29.0 Å². The maximum atomic E-state index is 13.5. The molecule has 154 valence electrons. The van der Waals surface area contributed by atoms with Gasteiger partial charge >= 0.3 is 6.09 Å². The maximum absolute atomic E-state index is 13.5. The third-order valence-electron chi connectivity index (χ3n) is 5.14. The highest BCUT2D eigenvalue weighted by Gasteiger charge is 2.50. The van der Waals surface area contributed by atoms with Crippen LogP contribution in [0.5, 0.6) is 5.75 Å². The largest absolute Gasteiger partial charge is 0.484 e. The molecule has 0 aromatic heterocycles. The lowest BCUT2D eigenvalue weighted by molar-refractivity contribution is -0.132. The molecule has 2 amide bonds. The molecule has 2 aliphatic heterocycles. The Balaban J connectivity index is 1.66. The Hall–Kier alpha value is -2.02. The summed E-state index contributed by atoms with van der Waals surface area (Å²) in [5.41, 5.74) is -1.37. The molecule has 1 aliphatic carbocycles. The van der Waals surface area contributed by atoms with Gasteiger partial charge in [0.1, 0.15) is 22.8 Å². The van der Waals surface area contributed by atoms with Crippen molar-refractivity contribution in [1.82, 2.24) is 10.2 Å². The van der Waals surface area contributed by atoms with Crippen molar-refractivity contribution in [2.75, 3.05) is 13.2 Å². The molecule has 8 heteroatoms. The lowest BCUT2D eigenvalue weighted by Gasteiger charge is -2.54. The fourth-order valence-electron chi connectivity index (χ4n) is 3.81. The van der Waals surface area contributed by atoms with E-state index in [1.165, 1.54) is 12.1 Å². The van der Waals surface area contributed by atoms with E-state index in [0.717, 1.165) is 18.9 Å². The van der Waals surface area contributed by atoms with Crippen LogP contribution in [0, 0.1) is 11.7 Å². The molecular formula is C20H26ClFN2O4. The van der Waals surface area contributed by atoms with Gasteiger partial charge in [-0.3, -0.25) is 9.69 Å². The first-order valence-corrected chi connectivity index (χ1v) is 9.85. The Labute approximate surface area is 169 Å². The first-order chi connectivity index (χ1) is 13.1. The molecule has 0 radical (unpaired) electrons. The van der Waals surface area contributed by atoms with Crippen LogP contribution in [0.4, 0.5) is 9.18 Å². The summed E-state index contributed by atoms with van der Waals surface area (Å²) in [7, 11) is 0. The van der Waals surface area contributed by atoms with Gasteiger partial charge in [-0.25, -0.2) is 9.18 Å². The zero-order valence-electron chi connectivity index (χ0n) is 16.4. The van der Waals surface area contributed by atoms with E-state index in [4.69, 9.17) is 21.1 Å². The highest BCUT2D eigenvalue weighted by Crippen LogP contribution is 2.42. The van der Waals surface area contributed by atoms with Gasteiger partial charge < -0.3 is 14.8 Å². The lowest BCUT2D eigenvalue weighted by Crippen LogP contribution is -2.69. The van der Waals surface area contributed by atoms with E-state index in [1.807, 2.05) is 20.8 Å². The molecule has 3 aliphatic rings. The first kappa shape index (κ1) is 20.7. The summed E-state index contributed by atoms with van der Waals surface area (Å²) in [6, 6.07) is 4.00. The van der Waals surface area contributed by atoms with Crippen molar-refractivity contribution in [2.45, 2.75) is 57.7 Å². The van der Waals surface area contributed by atoms with Crippen LogP contribution in [0.25, 0.3) is 0 Å². The van der Waals surface area contributed by atoms with Crippen LogP contribution in [0.15, 0.2) is 18.2 Å². The van der Waals surface area contributed by atoms with Crippen molar-refractivity contribution in [3.8, 4) is 5.75 Å². The van der Waals surface area contributed by atoms with Crippen LogP contribution in [-0.4, -0.2) is 41.3 Å². The summed E-state index contributed by atoms with van der Waals surface area (Å²) < 4.78 is 24.4. The number of fused-ring (bicyclic) bond motifs is 3. The maximum Gasteiger partial charge on any atom is 0.412 e. The topological polar surface area (TPSA) is 67.9 Å². The normalized spacial score (nSPS) is 24.0. The van der Waals surface area contributed by atoms with E-state index in [-0.39, 0.29) is 23.3 Å². The van der Waals surface area contributed by atoms with E-state index in [9.17, 15) is 14.0 Å². The molecule has 1 aromatic carbocycles. The van der Waals surface area contributed by atoms with Crippen molar-refractivity contribution < 1.29 is 23.5 Å². The van der Waals surface area contributed by atoms with Crippen LogP contribution < -0.4 is 10.1 Å². The number of hydrogen-bond acceptors (Lipinski definition) is 4. The van der Waals surface area contributed by atoms with Gasteiger partial charge in [-0.1, -0.05) is 11.6 Å². The molecule has 0 atom stereocenters. The summed E-state index contributed by atoms with van der Waals surface area (Å²) >= 11 is 5.65. The molecule has 4 rings (SSSR count). The summed E-state index contributed by atoms with van der Waals surface area (Å²) in [6.07, 6.45) is 2.83. The second kappa shape index (κ2) is 7.78. The number of rotatable bonds is 4. The lowest BCUT2D eigenvalue weighted by atomic mass is 9.75. The minimum absolute atomic E-state index is 0.0114. The minimum atomic E-state index is -0.761. The van der Waals surface area contributed by atoms with Gasteiger partial charge in [0.15, 0.2) is 6.61 Å². The van der Waals surface area contributed by atoms with Crippen LogP contribution in [-0.2, 0) is 9.53 Å². The number of amides is 2. The summed E-state index contributed by atoms with van der Waals surface area (Å²) in [4.78, 5) is 26.9. The molecule has 1 aromatic rings. The van der Waals surface area contributed by atoms with Crippen LogP contribution in [0.3, 0.4) is 0 Å². The molecular weight excluding hydrogens is 387 g/mol. The molecule has 0 unspecified atom stereocenters. The number of halogens is 2. The number of hydrogen-bond donors (Lipinski definition) is 1. The third-order valence-corrected chi connectivity index (χ3v) is 5.44. The number of carbonyl (C=O) groups excluding carboxylic acids is 2. The van der Waals surface area contributed by atoms with Crippen LogP contribution in [0.1, 0.15) is 46.5 Å². The van der Waals surface area contributed by atoms with Gasteiger partial charge in [0, 0.05) is 12.6 Å². The molecule has 0 spiro atoms. The molecule has 3 fully saturated rings. The smallest absolute Gasteiger partial charge is 0.412 e. The van der Waals surface area contributed by atoms with E-state index < -0.39 is 23.2 Å². The highest BCUT2D eigenvalue weighted by atomic mass is 35.5. The second-order valence-electron chi connectivity index (χ2n) is 8.48. The van der Waals surface area contributed by atoms with Gasteiger partial charge in [-0.05, 0) is 64.5 Å². The summed E-state index contributed by atoms with van der Waals surface area (Å²) in [5, 5.41) is 2.96. The molecule has 6 nitrogen and oxygen atoms in total. The number of ether oxygens (including phenoxy) is 2. The van der Waals surface area contributed by atoms with Crippen molar-refractivity contribution >= 4 is 23.6 Å². The second-order valence-corrected chi connectivity index (χ2v) is 8.89. The standard InChI is InChI=1S/C20H26ClFN2O4/c1-19(2,3)28-18(26)24-11-13-6-8-20(24,9-7-13)23-17(25)12-27-14-4-5-15(21)16(22)10-14/h4-5,10,13H,6-9,11-12H2,1-3H3,(H,23,25). The monoisotopic (exact) mass is 412 g/mol.